The Morgan fingerprint density at radius 3 is 2.67 bits per heavy atom. The van der Waals surface area contributed by atoms with Crippen LogP contribution < -0.4 is 10.2 Å². The van der Waals surface area contributed by atoms with E-state index in [4.69, 9.17) is 5.26 Å². The molecule has 2 heterocycles. The van der Waals surface area contributed by atoms with Gasteiger partial charge in [-0.2, -0.15) is 5.26 Å². The largest absolute Gasteiger partial charge is 0.367 e. The zero-order valence-electron chi connectivity index (χ0n) is 10.3. The molecule has 5 heteroatoms. The van der Waals surface area contributed by atoms with Crippen molar-refractivity contribution in [2.75, 3.05) is 23.3 Å². The van der Waals surface area contributed by atoms with E-state index in [0.717, 1.165) is 37.6 Å². The smallest absolute Gasteiger partial charge is 0.134 e. The zero-order chi connectivity index (χ0) is 12.4. The van der Waals surface area contributed by atoms with Gasteiger partial charge in [0.2, 0.25) is 0 Å². The Balaban J connectivity index is 1.66. The van der Waals surface area contributed by atoms with Crippen molar-refractivity contribution < 1.29 is 0 Å². The van der Waals surface area contributed by atoms with E-state index in [-0.39, 0.29) is 5.92 Å². The minimum atomic E-state index is 0.215. The highest BCUT2D eigenvalue weighted by molar-refractivity contribution is 5.49. The molecule has 0 unspecified atom stereocenters. The third kappa shape index (κ3) is 2.53. The summed E-state index contributed by atoms with van der Waals surface area (Å²) in [6.45, 7) is 1.83. The molecule has 0 atom stereocenters. The van der Waals surface area contributed by atoms with Crippen LogP contribution in [0.2, 0.25) is 0 Å². The second-order valence-electron chi connectivity index (χ2n) is 5.07. The Morgan fingerprint density at radius 2 is 2.00 bits per heavy atom. The van der Waals surface area contributed by atoms with Gasteiger partial charge in [-0.1, -0.05) is 0 Å². The Morgan fingerprint density at radius 1 is 1.22 bits per heavy atom. The number of hydrogen-bond donors (Lipinski definition) is 1. The van der Waals surface area contributed by atoms with Crippen LogP contribution in [0.5, 0.6) is 0 Å². The highest BCUT2D eigenvalue weighted by Gasteiger charge is 2.23. The summed E-state index contributed by atoms with van der Waals surface area (Å²) >= 11 is 0. The Hall–Kier alpha value is -1.83. The third-order valence-electron chi connectivity index (χ3n) is 3.58. The van der Waals surface area contributed by atoms with Gasteiger partial charge < -0.3 is 10.2 Å². The van der Waals surface area contributed by atoms with Crippen LogP contribution in [0.3, 0.4) is 0 Å². The molecule has 1 saturated heterocycles. The van der Waals surface area contributed by atoms with Crippen LogP contribution >= 0.6 is 0 Å². The molecular weight excluding hydrogens is 226 g/mol. The zero-order valence-corrected chi connectivity index (χ0v) is 10.3. The summed E-state index contributed by atoms with van der Waals surface area (Å²) in [7, 11) is 0. The number of hydrogen-bond acceptors (Lipinski definition) is 5. The molecule has 5 nitrogen and oxygen atoms in total. The predicted octanol–water partition coefficient (Wildman–Crippen LogP) is 1.79. The fourth-order valence-electron chi connectivity index (χ4n) is 2.27. The van der Waals surface area contributed by atoms with Crippen LogP contribution in [0, 0.1) is 17.2 Å². The van der Waals surface area contributed by atoms with Gasteiger partial charge in [0.1, 0.15) is 18.0 Å². The Bertz CT molecular complexity index is 455. The van der Waals surface area contributed by atoms with Crippen molar-refractivity contribution >= 4 is 11.6 Å². The van der Waals surface area contributed by atoms with Crippen molar-refractivity contribution in [3.63, 3.8) is 0 Å². The molecule has 2 aliphatic rings. The SMILES string of the molecule is N#CC1CCN(c2cc(NC3CC3)ncn2)CC1. The van der Waals surface area contributed by atoms with Crippen LogP contribution in [-0.4, -0.2) is 29.1 Å². The molecule has 1 aliphatic carbocycles. The Labute approximate surface area is 107 Å². The number of nitriles is 1. The van der Waals surface area contributed by atoms with E-state index in [1.807, 2.05) is 6.07 Å². The highest BCUT2D eigenvalue weighted by atomic mass is 15.2. The number of rotatable bonds is 3. The van der Waals surface area contributed by atoms with Crippen LogP contribution in [0.15, 0.2) is 12.4 Å². The summed E-state index contributed by atoms with van der Waals surface area (Å²) in [5.74, 6) is 2.11. The lowest BCUT2D eigenvalue weighted by molar-refractivity contribution is 0.485. The summed E-state index contributed by atoms with van der Waals surface area (Å²) in [6.07, 6.45) is 5.98. The summed E-state index contributed by atoms with van der Waals surface area (Å²) < 4.78 is 0. The molecule has 3 rings (SSSR count). The lowest BCUT2D eigenvalue weighted by atomic mass is 9.99. The van der Waals surface area contributed by atoms with Gasteiger partial charge in [-0.05, 0) is 25.7 Å². The molecule has 0 amide bonds. The standard InChI is InChI=1S/C13H17N5/c14-8-10-3-5-18(6-4-10)13-7-12(15-9-16-13)17-11-1-2-11/h7,9-11H,1-6H2,(H,15,16,17). The molecule has 0 radical (unpaired) electrons. The first-order valence-electron chi connectivity index (χ1n) is 6.58. The lowest BCUT2D eigenvalue weighted by Gasteiger charge is -2.30. The minimum absolute atomic E-state index is 0.215. The number of nitrogens with one attached hydrogen (secondary N) is 1. The first-order valence-corrected chi connectivity index (χ1v) is 6.58. The van der Waals surface area contributed by atoms with E-state index < -0.39 is 0 Å². The van der Waals surface area contributed by atoms with E-state index in [1.165, 1.54) is 12.8 Å². The predicted molar refractivity (Wildman–Crippen MR) is 69.2 cm³/mol. The average Bonchev–Trinajstić information content (AvgIpc) is 3.23. The van der Waals surface area contributed by atoms with Gasteiger partial charge in [0.15, 0.2) is 0 Å². The number of aromatic nitrogens is 2. The molecule has 0 bridgehead atoms. The fourth-order valence-corrected chi connectivity index (χ4v) is 2.27. The first kappa shape index (κ1) is 11.3. The van der Waals surface area contributed by atoms with Crippen molar-refractivity contribution in [3.8, 4) is 6.07 Å². The van der Waals surface area contributed by atoms with E-state index in [1.54, 1.807) is 6.33 Å². The average molecular weight is 243 g/mol. The maximum Gasteiger partial charge on any atom is 0.134 e. The molecule has 1 saturated carbocycles. The second kappa shape index (κ2) is 4.81. The van der Waals surface area contributed by atoms with Crippen LogP contribution in [0.4, 0.5) is 11.6 Å². The van der Waals surface area contributed by atoms with Gasteiger partial charge >= 0.3 is 0 Å². The van der Waals surface area contributed by atoms with E-state index >= 15 is 0 Å². The maximum absolute atomic E-state index is 8.89. The molecule has 1 N–H and O–H groups in total. The summed E-state index contributed by atoms with van der Waals surface area (Å²) in [5, 5.41) is 12.3. The molecule has 1 aliphatic heterocycles. The van der Waals surface area contributed by atoms with Gasteiger partial charge in [-0.15, -0.1) is 0 Å². The van der Waals surface area contributed by atoms with E-state index in [2.05, 4.69) is 26.3 Å². The van der Waals surface area contributed by atoms with Gasteiger partial charge in [0.25, 0.3) is 0 Å². The maximum atomic E-state index is 8.89. The Kier molecular flexibility index (Phi) is 3.01. The number of anilines is 2. The molecule has 0 spiro atoms. The molecular formula is C13H17N5. The quantitative estimate of drug-likeness (QED) is 0.876. The summed E-state index contributed by atoms with van der Waals surface area (Å²) in [4.78, 5) is 10.8. The third-order valence-corrected chi connectivity index (χ3v) is 3.58. The first-order chi connectivity index (χ1) is 8.85. The number of nitrogens with zero attached hydrogens (tertiary/aromatic N) is 4. The van der Waals surface area contributed by atoms with E-state index in [9.17, 15) is 0 Å². The summed E-state index contributed by atoms with van der Waals surface area (Å²) in [6, 6.07) is 4.98. The number of piperidine rings is 1. The highest BCUT2D eigenvalue weighted by Crippen LogP contribution is 2.26. The van der Waals surface area contributed by atoms with Crippen LogP contribution in [-0.2, 0) is 0 Å². The van der Waals surface area contributed by atoms with Crippen molar-refractivity contribution in [2.45, 2.75) is 31.7 Å². The van der Waals surface area contributed by atoms with Crippen molar-refractivity contribution in [1.82, 2.24) is 9.97 Å². The molecule has 2 fully saturated rings. The fraction of sp³-hybridized carbons (Fsp3) is 0.615. The molecule has 94 valence electrons. The monoisotopic (exact) mass is 243 g/mol. The van der Waals surface area contributed by atoms with Crippen molar-refractivity contribution in [1.29, 1.82) is 5.26 Å². The molecule has 18 heavy (non-hydrogen) atoms. The molecule has 1 aromatic heterocycles. The van der Waals surface area contributed by atoms with Crippen LogP contribution in [0.1, 0.15) is 25.7 Å². The molecule has 0 aromatic carbocycles. The minimum Gasteiger partial charge on any atom is -0.367 e. The van der Waals surface area contributed by atoms with Gasteiger partial charge in [0, 0.05) is 31.1 Å². The van der Waals surface area contributed by atoms with Crippen molar-refractivity contribution in [3.05, 3.63) is 12.4 Å². The van der Waals surface area contributed by atoms with Crippen molar-refractivity contribution in [2.24, 2.45) is 5.92 Å². The van der Waals surface area contributed by atoms with Gasteiger partial charge in [-0.25, -0.2) is 9.97 Å². The topological polar surface area (TPSA) is 64.8 Å². The van der Waals surface area contributed by atoms with E-state index in [0.29, 0.717) is 6.04 Å². The van der Waals surface area contributed by atoms with Gasteiger partial charge in [-0.3, -0.25) is 0 Å². The lowest BCUT2D eigenvalue weighted by Crippen LogP contribution is -2.33. The van der Waals surface area contributed by atoms with Gasteiger partial charge in [0.05, 0.1) is 6.07 Å². The van der Waals surface area contributed by atoms with Crippen LogP contribution in [0.25, 0.3) is 0 Å². The second-order valence-corrected chi connectivity index (χ2v) is 5.07. The normalized spacial score (nSPS) is 20.5. The summed E-state index contributed by atoms with van der Waals surface area (Å²) in [5.41, 5.74) is 0. The molecule has 1 aromatic rings.